The van der Waals surface area contributed by atoms with Gasteiger partial charge in [-0.25, -0.2) is 4.79 Å². The molecule has 0 saturated heterocycles. The number of carbonyl (C=O) groups is 2. The molecule has 2 aromatic rings. The van der Waals surface area contributed by atoms with Crippen molar-refractivity contribution in [3.63, 3.8) is 0 Å². The fourth-order valence-corrected chi connectivity index (χ4v) is 2.78. The van der Waals surface area contributed by atoms with Crippen molar-refractivity contribution in [2.45, 2.75) is 39.2 Å². The molecule has 1 amide bonds. The summed E-state index contributed by atoms with van der Waals surface area (Å²) in [4.78, 5) is 24.6. The highest BCUT2D eigenvalue weighted by Crippen LogP contribution is 2.26. The highest BCUT2D eigenvalue weighted by molar-refractivity contribution is 6.00. The predicted octanol–water partition coefficient (Wildman–Crippen LogP) is 3.84. The third-order valence-corrected chi connectivity index (χ3v) is 4.28. The third-order valence-electron chi connectivity index (χ3n) is 4.28. The summed E-state index contributed by atoms with van der Waals surface area (Å²) in [5, 5.41) is 2.81. The molecule has 124 valence electrons. The first-order valence-electron chi connectivity index (χ1n) is 8.15. The van der Waals surface area contributed by atoms with Gasteiger partial charge in [-0.3, -0.25) is 4.79 Å². The molecule has 1 unspecified atom stereocenters. The first kappa shape index (κ1) is 16.2. The summed E-state index contributed by atoms with van der Waals surface area (Å²) in [6.07, 6.45) is -0.395. The van der Waals surface area contributed by atoms with Gasteiger partial charge in [0.1, 0.15) is 0 Å². The van der Waals surface area contributed by atoms with Gasteiger partial charge >= 0.3 is 5.97 Å². The van der Waals surface area contributed by atoms with Crippen LogP contribution in [0.2, 0.25) is 0 Å². The second-order valence-electron chi connectivity index (χ2n) is 6.52. The molecule has 4 nitrogen and oxygen atoms in total. The Kier molecular flexibility index (Phi) is 4.38. The molecule has 1 aliphatic rings. The summed E-state index contributed by atoms with van der Waals surface area (Å²) in [5.74, 6) is -0.364. The molecule has 0 bridgehead atoms. The number of nitrogens with one attached hydrogen (secondary N) is 1. The van der Waals surface area contributed by atoms with E-state index >= 15 is 0 Å². The van der Waals surface area contributed by atoms with Gasteiger partial charge in [0, 0.05) is 12.1 Å². The van der Waals surface area contributed by atoms with Crippen molar-refractivity contribution >= 4 is 17.6 Å². The molecule has 4 heteroatoms. The minimum absolute atomic E-state index is 0.298. The average Bonchev–Trinajstić information content (AvgIpc) is 2.56. The van der Waals surface area contributed by atoms with E-state index in [2.05, 4.69) is 19.2 Å². The van der Waals surface area contributed by atoms with Crippen molar-refractivity contribution in [1.82, 2.24) is 0 Å². The number of hydrogen-bond acceptors (Lipinski definition) is 3. The molecule has 1 heterocycles. The summed E-state index contributed by atoms with van der Waals surface area (Å²) in [6.45, 7) is 6.19. The van der Waals surface area contributed by atoms with Crippen molar-refractivity contribution in [3.8, 4) is 0 Å². The summed E-state index contributed by atoms with van der Waals surface area (Å²) in [7, 11) is 0. The molecule has 0 fully saturated rings. The number of amides is 1. The molecule has 1 N–H and O–H groups in total. The van der Waals surface area contributed by atoms with Gasteiger partial charge in [-0.05, 0) is 42.2 Å². The lowest BCUT2D eigenvalue weighted by Crippen LogP contribution is -2.38. The largest absolute Gasteiger partial charge is 0.448 e. The Bertz CT molecular complexity index is 778. The van der Waals surface area contributed by atoms with Crippen LogP contribution in [0.3, 0.4) is 0 Å². The highest BCUT2D eigenvalue weighted by atomic mass is 16.5. The van der Waals surface area contributed by atoms with Crippen LogP contribution in [0, 0.1) is 6.92 Å². The molecule has 0 saturated carbocycles. The van der Waals surface area contributed by atoms with Gasteiger partial charge in [-0.1, -0.05) is 43.7 Å². The Morgan fingerprint density at radius 2 is 1.88 bits per heavy atom. The molecular formula is C20H21NO3. The van der Waals surface area contributed by atoms with E-state index in [-0.39, 0.29) is 5.91 Å². The lowest BCUT2D eigenvalue weighted by atomic mass is 9.92. The van der Waals surface area contributed by atoms with Crippen LogP contribution in [-0.4, -0.2) is 18.0 Å². The normalized spacial score (nSPS) is 16.5. The van der Waals surface area contributed by atoms with Crippen LogP contribution in [0.5, 0.6) is 0 Å². The second-order valence-corrected chi connectivity index (χ2v) is 6.52. The topological polar surface area (TPSA) is 55.4 Å². The predicted molar refractivity (Wildman–Crippen MR) is 93.2 cm³/mol. The summed E-state index contributed by atoms with van der Waals surface area (Å²) in [5.41, 5.74) is 4.40. The number of carbonyl (C=O) groups excluding carboxylic acids is 2. The number of rotatable bonds is 3. The number of aryl methyl sites for hydroxylation is 1. The molecular weight excluding hydrogens is 302 g/mol. The van der Waals surface area contributed by atoms with Crippen molar-refractivity contribution in [2.24, 2.45) is 0 Å². The Hall–Kier alpha value is -2.62. The van der Waals surface area contributed by atoms with E-state index in [0.717, 1.165) is 16.7 Å². The number of benzene rings is 2. The van der Waals surface area contributed by atoms with E-state index in [9.17, 15) is 9.59 Å². The summed E-state index contributed by atoms with van der Waals surface area (Å²) >= 11 is 0. The molecule has 0 radical (unpaired) electrons. The van der Waals surface area contributed by atoms with Crippen molar-refractivity contribution < 1.29 is 14.3 Å². The van der Waals surface area contributed by atoms with Crippen molar-refractivity contribution in [1.29, 1.82) is 0 Å². The minimum atomic E-state index is -0.797. The molecule has 0 aromatic heterocycles. The van der Waals surface area contributed by atoms with Crippen LogP contribution < -0.4 is 5.32 Å². The van der Waals surface area contributed by atoms with E-state index in [1.165, 1.54) is 0 Å². The van der Waals surface area contributed by atoms with Crippen LogP contribution >= 0.6 is 0 Å². The van der Waals surface area contributed by atoms with Gasteiger partial charge in [0.05, 0.1) is 5.56 Å². The Labute approximate surface area is 141 Å². The lowest BCUT2D eigenvalue weighted by molar-refractivity contribution is -0.125. The average molecular weight is 323 g/mol. The van der Waals surface area contributed by atoms with Crippen LogP contribution in [0.25, 0.3) is 0 Å². The summed E-state index contributed by atoms with van der Waals surface area (Å²) < 4.78 is 5.32. The SMILES string of the molecule is Cc1ccc(NC(=O)C2Cc3cc(C(C)C)ccc3C(=O)O2)cc1. The van der Waals surface area contributed by atoms with E-state index in [0.29, 0.717) is 23.6 Å². The van der Waals surface area contributed by atoms with Crippen LogP contribution in [0.15, 0.2) is 42.5 Å². The number of hydrogen-bond donors (Lipinski definition) is 1. The Morgan fingerprint density at radius 1 is 1.17 bits per heavy atom. The minimum Gasteiger partial charge on any atom is -0.448 e. The van der Waals surface area contributed by atoms with Crippen molar-refractivity contribution in [2.75, 3.05) is 5.32 Å². The number of fused-ring (bicyclic) bond motifs is 1. The smallest absolute Gasteiger partial charge is 0.339 e. The zero-order chi connectivity index (χ0) is 17.3. The van der Waals surface area contributed by atoms with Gasteiger partial charge in [-0.2, -0.15) is 0 Å². The fourth-order valence-electron chi connectivity index (χ4n) is 2.78. The van der Waals surface area contributed by atoms with Crippen LogP contribution in [0.4, 0.5) is 5.69 Å². The van der Waals surface area contributed by atoms with Gasteiger partial charge in [0.2, 0.25) is 0 Å². The first-order valence-corrected chi connectivity index (χ1v) is 8.15. The van der Waals surface area contributed by atoms with E-state index < -0.39 is 12.1 Å². The third kappa shape index (κ3) is 3.32. The van der Waals surface area contributed by atoms with Crippen molar-refractivity contribution in [3.05, 3.63) is 64.7 Å². The monoisotopic (exact) mass is 323 g/mol. The molecule has 1 atom stereocenters. The fraction of sp³-hybridized carbons (Fsp3) is 0.300. The first-order chi connectivity index (χ1) is 11.4. The van der Waals surface area contributed by atoms with Gasteiger partial charge in [0.25, 0.3) is 5.91 Å². The highest BCUT2D eigenvalue weighted by Gasteiger charge is 2.31. The molecule has 0 spiro atoms. The zero-order valence-electron chi connectivity index (χ0n) is 14.1. The standard InChI is InChI=1S/C20H21NO3/c1-12(2)14-6-9-17-15(10-14)11-18(24-20(17)23)19(22)21-16-7-4-13(3)5-8-16/h4-10,12,18H,11H2,1-3H3,(H,21,22). The molecule has 2 aromatic carbocycles. The van der Waals surface area contributed by atoms with E-state index in [1.54, 1.807) is 6.07 Å². The van der Waals surface area contributed by atoms with Gasteiger partial charge in [0.15, 0.2) is 6.10 Å². The zero-order valence-corrected chi connectivity index (χ0v) is 14.1. The quantitative estimate of drug-likeness (QED) is 0.873. The second kappa shape index (κ2) is 6.48. The number of esters is 1. The molecule has 24 heavy (non-hydrogen) atoms. The summed E-state index contributed by atoms with van der Waals surface area (Å²) in [6, 6.07) is 13.3. The number of ether oxygens (including phenoxy) is 1. The van der Waals surface area contributed by atoms with E-state index in [4.69, 9.17) is 4.74 Å². The van der Waals surface area contributed by atoms with E-state index in [1.807, 2.05) is 43.3 Å². The van der Waals surface area contributed by atoms with Crippen LogP contribution in [-0.2, 0) is 16.0 Å². The van der Waals surface area contributed by atoms with Gasteiger partial charge < -0.3 is 10.1 Å². The van der Waals surface area contributed by atoms with Crippen LogP contribution in [0.1, 0.15) is 46.8 Å². The maximum Gasteiger partial charge on any atom is 0.339 e. The molecule has 3 rings (SSSR count). The maximum atomic E-state index is 12.4. The maximum absolute atomic E-state index is 12.4. The lowest BCUT2D eigenvalue weighted by Gasteiger charge is -2.24. The molecule has 1 aliphatic heterocycles. The molecule has 0 aliphatic carbocycles. The van der Waals surface area contributed by atoms with Gasteiger partial charge in [-0.15, -0.1) is 0 Å². The Balaban J connectivity index is 1.78. The Morgan fingerprint density at radius 3 is 2.54 bits per heavy atom. The number of anilines is 1. The number of cyclic esters (lactones) is 1.